The minimum Gasteiger partial charge on any atom is -0.497 e. The lowest BCUT2D eigenvalue weighted by Gasteiger charge is -2.32. The maximum Gasteiger partial charge on any atom is 0.247 e. The number of carbonyl (C=O) groups is 2. The zero-order valence-electron chi connectivity index (χ0n) is 22.8. The first-order valence-electron chi connectivity index (χ1n) is 13.0. The van der Waals surface area contributed by atoms with Gasteiger partial charge in [-0.2, -0.15) is 0 Å². The third kappa shape index (κ3) is 6.73. The molecule has 0 saturated carbocycles. The standard InChI is InChI=1S/C30H35N5O4/c1-21(2)16-17-31-30(37)29(22-11-9-12-24(18-22)38-3)34(19-23-10-5-8-15-27(23)39-4)28(36)20-35-26-14-7-6-13-25(26)32-33-35/h5-15,18,21,29H,16-17,19-20H2,1-4H3,(H,31,37)/t29-/m0/s1. The van der Waals surface area contributed by atoms with Gasteiger partial charge in [0.05, 0.1) is 26.3 Å². The van der Waals surface area contributed by atoms with Crippen molar-refractivity contribution in [3.63, 3.8) is 0 Å². The first-order chi connectivity index (χ1) is 18.9. The summed E-state index contributed by atoms with van der Waals surface area (Å²) in [6, 6.07) is 21.3. The van der Waals surface area contributed by atoms with Gasteiger partial charge in [0.25, 0.3) is 0 Å². The number of methoxy groups -OCH3 is 2. The van der Waals surface area contributed by atoms with E-state index in [1.54, 1.807) is 29.9 Å². The van der Waals surface area contributed by atoms with Crippen LogP contribution in [0.4, 0.5) is 0 Å². The van der Waals surface area contributed by atoms with Gasteiger partial charge < -0.3 is 19.7 Å². The smallest absolute Gasteiger partial charge is 0.247 e. The Balaban J connectivity index is 1.76. The van der Waals surface area contributed by atoms with Gasteiger partial charge in [0, 0.05) is 12.1 Å². The number of rotatable bonds is 12. The second-order valence-corrected chi connectivity index (χ2v) is 9.72. The largest absolute Gasteiger partial charge is 0.497 e. The summed E-state index contributed by atoms with van der Waals surface area (Å²) in [5.74, 6) is 1.09. The number of hydrogen-bond acceptors (Lipinski definition) is 6. The number of hydrogen-bond donors (Lipinski definition) is 1. The number of para-hydroxylation sites is 2. The molecule has 1 N–H and O–H groups in total. The summed E-state index contributed by atoms with van der Waals surface area (Å²) in [5, 5.41) is 11.4. The van der Waals surface area contributed by atoms with Crippen molar-refractivity contribution in [1.29, 1.82) is 0 Å². The maximum absolute atomic E-state index is 14.1. The molecule has 204 valence electrons. The minimum atomic E-state index is -0.917. The predicted molar refractivity (Wildman–Crippen MR) is 149 cm³/mol. The molecule has 9 nitrogen and oxygen atoms in total. The Bertz CT molecular complexity index is 1420. The highest BCUT2D eigenvalue weighted by atomic mass is 16.5. The molecule has 3 aromatic carbocycles. The fourth-order valence-electron chi connectivity index (χ4n) is 4.46. The molecule has 4 rings (SSSR count). The molecule has 1 aromatic heterocycles. The molecule has 1 atom stereocenters. The summed E-state index contributed by atoms with van der Waals surface area (Å²) in [6.45, 7) is 4.77. The molecule has 0 fully saturated rings. The van der Waals surface area contributed by atoms with Gasteiger partial charge in [-0.15, -0.1) is 5.10 Å². The SMILES string of the molecule is COc1cccc([C@@H](C(=O)NCCC(C)C)N(Cc2ccccc2OC)C(=O)Cn2nnc3ccccc32)c1. The zero-order valence-corrected chi connectivity index (χ0v) is 22.8. The van der Waals surface area contributed by atoms with Crippen LogP contribution in [0.2, 0.25) is 0 Å². The Morgan fingerprint density at radius 1 is 0.974 bits per heavy atom. The highest BCUT2D eigenvalue weighted by molar-refractivity contribution is 5.89. The minimum absolute atomic E-state index is 0.0879. The molecule has 39 heavy (non-hydrogen) atoms. The number of amides is 2. The van der Waals surface area contributed by atoms with Crippen LogP contribution in [-0.2, 0) is 22.7 Å². The van der Waals surface area contributed by atoms with Gasteiger partial charge in [-0.3, -0.25) is 9.59 Å². The summed E-state index contributed by atoms with van der Waals surface area (Å²) in [7, 11) is 3.16. The summed E-state index contributed by atoms with van der Waals surface area (Å²) in [5.41, 5.74) is 2.85. The van der Waals surface area contributed by atoms with Gasteiger partial charge in [-0.05, 0) is 48.2 Å². The fraction of sp³-hybridized carbons (Fsp3) is 0.333. The van der Waals surface area contributed by atoms with Crippen molar-refractivity contribution in [1.82, 2.24) is 25.2 Å². The van der Waals surface area contributed by atoms with E-state index < -0.39 is 6.04 Å². The molecular formula is C30H35N5O4. The fourth-order valence-corrected chi connectivity index (χ4v) is 4.46. The van der Waals surface area contributed by atoms with Crippen molar-refractivity contribution in [3.8, 4) is 11.5 Å². The lowest BCUT2D eigenvalue weighted by molar-refractivity contribution is -0.142. The van der Waals surface area contributed by atoms with Crippen LogP contribution in [-0.4, -0.2) is 52.5 Å². The zero-order chi connectivity index (χ0) is 27.8. The monoisotopic (exact) mass is 529 g/mol. The molecule has 1 heterocycles. The third-order valence-corrected chi connectivity index (χ3v) is 6.55. The third-order valence-electron chi connectivity index (χ3n) is 6.55. The molecule has 2 amide bonds. The lowest BCUT2D eigenvalue weighted by Crippen LogP contribution is -2.45. The number of ether oxygens (including phenoxy) is 2. The second-order valence-electron chi connectivity index (χ2n) is 9.72. The molecule has 4 aromatic rings. The van der Waals surface area contributed by atoms with Crippen LogP contribution in [0.5, 0.6) is 11.5 Å². The number of nitrogens with one attached hydrogen (secondary N) is 1. The molecule has 9 heteroatoms. The van der Waals surface area contributed by atoms with E-state index in [1.807, 2.05) is 66.7 Å². The van der Waals surface area contributed by atoms with Gasteiger partial charge in [0.2, 0.25) is 11.8 Å². The normalized spacial score (nSPS) is 11.8. The van der Waals surface area contributed by atoms with E-state index in [1.165, 1.54) is 0 Å². The van der Waals surface area contributed by atoms with Crippen molar-refractivity contribution < 1.29 is 19.1 Å². The van der Waals surface area contributed by atoms with Crippen LogP contribution < -0.4 is 14.8 Å². The van der Waals surface area contributed by atoms with Crippen molar-refractivity contribution in [2.45, 2.75) is 39.4 Å². The first-order valence-corrected chi connectivity index (χ1v) is 13.0. The van der Waals surface area contributed by atoms with Crippen LogP contribution in [0.25, 0.3) is 11.0 Å². The number of benzene rings is 3. The summed E-state index contributed by atoms with van der Waals surface area (Å²) >= 11 is 0. The number of aromatic nitrogens is 3. The Morgan fingerprint density at radius 3 is 2.51 bits per heavy atom. The second kappa shape index (κ2) is 12.9. The van der Waals surface area contributed by atoms with Gasteiger partial charge in [-0.1, -0.05) is 61.5 Å². The van der Waals surface area contributed by atoms with E-state index in [0.717, 1.165) is 17.5 Å². The molecule has 0 aliphatic rings. The van der Waals surface area contributed by atoms with Gasteiger partial charge in [-0.25, -0.2) is 4.68 Å². The van der Waals surface area contributed by atoms with Crippen LogP contribution in [0.3, 0.4) is 0 Å². The van der Waals surface area contributed by atoms with Gasteiger partial charge in [0.15, 0.2) is 0 Å². The van der Waals surface area contributed by atoms with Gasteiger partial charge >= 0.3 is 0 Å². The molecule has 0 spiro atoms. The molecule has 0 saturated heterocycles. The Morgan fingerprint density at radius 2 is 1.74 bits per heavy atom. The molecular weight excluding hydrogens is 494 g/mol. The van der Waals surface area contributed by atoms with E-state index in [2.05, 4.69) is 29.5 Å². The number of carbonyl (C=O) groups excluding carboxylic acids is 2. The highest BCUT2D eigenvalue weighted by Gasteiger charge is 2.33. The quantitative estimate of drug-likeness (QED) is 0.292. The van der Waals surface area contributed by atoms with E-state index in [9.17, 15) is 9.59 Å². The topological polar surface area (TPSA) is 98.6 Å². The van der Waals surface area contributed by atoms with Gasteiger partial charge in [0.1, 0.15) is 29.6 Å². The molecule has 0 unspecified atom stereocenters. The van der Waals surface area contributed by atoms with E-state index >= 15 is 0 Å². The average molecular weight is 530 g/mol. The molecule has 0 bridgehead atoms. The van der Waals surface area contributed by atoms with E-state index in [4.69, 9.17) is 9.47 Å². The van der Waals surface area contributed by atoms with Crippen LogP contribution in [0.1, 0.15) is 37.4 Å². The highest BCUT2D eigenvalue weighted by Crippen LogP contribution is 2.29. The average Bonchev–Trinajstić information content (AvgIpc) is 3.35. The maximum atomic E-state index is 14.1. The van der Waals surface area contributed by atoms with E-state index in [0.29, 0.717) is 35.0 Å². The molecule has 0 radical (unpaired) electrons. The Kier molecular flexibility index (Phi) is 9.14. The van der Waals surface area contributed by atoms with Crippen molar-refractivity contribution >= 4 is 22.8 Å². The summed E-state index contributed by atoms with van der Waals surface area (Å²) in [6.07, 6.45) is 0.821. The number of nitrogens with zero attached hydrogens (tertiary/aromatic N) is 4. The van der Waals surface area contributed by atoms with Crippen LogP contribution in [0, 0.1) is 5.92 Å². The van der Waals surface area contributed by atoms with Crippen LogP contribution >= 0.6 is 0 Å². The Labute approximate surface area is 228 Å². The van der Waals surface area contributed by atoms with E-state index in [-0.39, 0.29) is 24.9 Å². The van der Waals surface area contributed by atoms with Crippen molar-refractivity contribution in [3.05, 3.63) is 83.9 Å². The lowest BCUT2D eigenvalue weighted by atomic mass is 10.0. The van der Waals surface area contributed by atoms with Crippen LogP contribution in [0.15, 0.2) is 72.8 Å². The van der Waals surface area contributed by atoms with Crippen molar-refractivity contribution in [2.24, 2.45) is 5.92 Å². The van der Waals surface area contributed by atoms with Crippen molar-refractivity contribution in [2.75, 3.05) is 20.8 Å². The molecule has 0 aliphatic heterocycles. The predicted octanol–water partition coefficient (Wildman–Crippen LogP) is 4.38. The Hall–Kier alpha value is -4.40. The first kappa shape index (κ1) is 27.6. The summed E-state index contributed by atoms with van der Waals surface area (Å²) in [4.78, 5) is 29.5. The summed E-state index contributed by atoms with van der Waals surface area (Å²) < 4.78 is 12.6. The number of fused-ring (bicyclic) bond motifs is 1. The molecule has 0 aliphatic carbocycles.